The summed E-state index contributed by atoms with van der Waals surface area (Å²) in [6.45, 7) is 7.04. The minimum absolute atomic E-state index is 0.350. The van der Waals surface area contributed by atoms with Crippen LogP contribution >= 0.6 is 0 Å². The topological polar surface area (TPSA) is 61.4 Å². The van der Waals surface area contributed by atoms with Crippen molar-refractivity contribution in [2.75, 3.05) is 42.9 Å². The normalized spacial score (nSPS) is 20.8. The van der Waals surface area contributed by atoms with Gasteiger partial charge in [-0.15, -0.1) is 0 Å². The van der Waals surface area contributed by atoms with Gasteiger partial charge in [0.25, 0.3) is 0 Å². The maximum absolute atomic E-state index is 12.3. The highest BCUT2D eigenvalue weighted by Crippen LogP contribution is 2.26. The monoisotopic (exact) mass is 345 g/mol. The Morgan fingerprint density at radius 1 is 1.24 bits per heavy atom. The maximum atomic E-state index is 12.3. The highest BCUT2D eigenvalue weighted by atomic mass is 16.2. The first-order valence-corrected chi connectivity index (χ1v) is 9.85. The lowest BCUT2D eigenvalue weighted by molar-refractivity contribution is -0.130. The second kappa shape index (κ2) is 9.02. The molecule has 1 aromatic heterocycles. The number of amides is 1. The van der Waals surface area contributed by atoms with E-state index in [2.05, 4.69) is 27.1 Å². The zero-order valence-electron chi connectivity index (χ0n) is 15.4. The van der Waals surface area contributed by atoms with E-state index in [9.17, 15) is 4.79 Å². The number of carbonyl (C=O) groups excluding carboxylic acids is 1. The van der Waals surface area contributed by atoms with Crippen molar-refractivity contribution < 1.29 is 4.79 Å². The number of rotatable bonds is 7. The van der Waals surface area contributed by atoms with E-state index in [0.717, 1.165) is 57.2 Å². The van der Waals surface area contributed by atoms with E-state index in [0.29, 0.717) is 18.2 Å². The van der Waals surface area contributed by atoms with E-state index in [-0.39, 0.29) is 0 Å². The molecule has 0 spiro atoms. The molecule has 3 heterocycles. The number of hydrogen-bond acceptors (Lipinski definition) is 5. The van der Waals surface area contributed by atoms with E-state index in [1.54, 1.807) is 6.33 Å². The van der Waals surface area contributed by atoms with Gasteiger partial charge >= 0.3 is 0 Å². The van der Waals surface area contributed by atoms with E-state index >= 15 is 0 Å². The summed E-state index contributed by atoms with van der Waals surface area (Å²) < 4.78 is 0. The maximum Gasteiger partial charge on any atom is 0.222 e. The Kier molecular flexibility index (Phi) is 6.48. The van der Waals surface area contributed by atoms with Crippen LogP contribution in [0, 0.1) is 5.92 Å². The van der Waals surface area contributed by atoms with Crippen molar-refractivity contribution in [3.05, 3.63) is 12.4 Å². The van der Waals surface area contributed by atoms with E-state index in [1.165, 1.54) is 25.7 Å². The molecule has 2 saturated heterocycles. The molecule has 6 nitrogen and oxygen atoms in total. The molecule has 138 valence electrons. The van der Waals surface area contributed by atoms with Gasteiger partial charge < -0.3 is 15.1 Å². The first-order chi connectivity index (χ1) is 12.3. The van der Waals surface area contributed by atoms with Crippen LogP contribution in [0.4, 0.5) is 11.6 Å². The molecule has 2 aliphatic heterocycles. The molecule has 0 unspecified atom stereocenters. The molecule has 0 saturated carbocycles. The Hall–Kier alpha value is -1.85. The van der Waals surface area contributed by atoms with Crippen LogP contribution in [0.1, 0.15) is 51.9 Å². The summed E-state index contributed by atoms with van der Waals surface area (Å²) in [7, 11) is 0. The molecule has 1 N–H and O–H groups in total. The van der Waals surface area contributed by atoms with Crippen molar-refractivity contribution in [2.45, 2.75) is 51.9 Å². The number of likely N-dealkylation sites (tertiary alicyclic amines) is 1. The lowest BCUT2D eigenvalue weighted by Crippen LogP contribution is -2.37. The first-order valence-electron chi connectivity index (χ1n) is 9.85. The molecule has 1 aromatic rings. The van der Waals surface area contributed by atoms with Crippen LogP contribution in [0.3, 0.4) is 0 Å². The standard InChI is InChI=1S/C19H31N5O/c1-2-9-20-17-13-18(22-15-21-17)24-12-5-6-16(14-24)7-8-19(25)23-10-3-4-11-23/h13,15-16H,2-12,14H2,1H3,(H,20,21,22)/t16-/m1/s1. The van der Waals surface area contributed by atoms with Gasteiger partial charge in [-0.05, 0) is 44.4 Å². The average Bonchev–Trinajstić information content (AvgIpc) is 3.20. The summed E-state index contributed by atoms with van der Waals surface area (Å²) in [4.78, 5) is 25.4. The van der Waals surface area contributed by atoms with E-state index in [1.807, 2.05) is 11.0 Å². The Labute approximate surface area is 151 Å². The lowest BCUT2D eigenvalue weighted by atomic mass is 9.93. The number of aromatic nitrogens is 2. The van der Waals surface area contributed by atoms with Gasteiger partial charge in [-0.3, -0.25) is 4.79 Å². The van der Waals surface area contributed by atoms with Crippen LogP contribution in [0.25, 0.3) is 0 Å². The first kappa shape index (κ1) is 18.0. The molecule has 3 rings (SSSR count). The van der Waals surface area contributed by atoms with Gasteiger partial charge in [0.2, 0.25) is 5.91 Å². The van der Waals surface area contributed by atoms with E-state index in [4.69, 9.17) is 0 Å². The Bertz CT molecular complexity index is 559. The SMILES string of the molecule is CCCNc1cc(N2CCC[C@H](CCC(=O)N3CCCC3)C2)ncn1. The third kappa shape index (κ3) is 5.06. The van der Waals surface area contributed by atoms with Crippen molar-refractivity contribution in [3.8, 4) is 0 Å². The molecular weight excluding hydrogens is 314 g/mol. The minimum Gasteiger partial charge on any atom is -0.370 e. The molecule has 0 bridgehead atoms. The number of anilines is 2. The molecule has 25 heavy (non-hydrogen) atoms. The third-order valence-corrected chi connectivity index (χ3v) is 5.28. The fourth-order valence-electron chi connectivity index (χ4n) is 3.83. The number of nitrogens with zero attached hydrogens (tertiary/aromatic N) is 4. The van der Waals surface area contributed by atoms with Crippen LogP contribution in [-0.2, 0) is 4.79 Å². The van der Waals surface area contributed by atoms with Gasteiger partial charge in [0.05, 0.1) is 0 Å². The molecule has 0 radical (unpaired) electrons. The van der Waals surface area contributed by atoms with Crippen molar-refractivity contribution in [3.63, 3.8) is 0 Å². The van der Waals surface area contributed by atoms with Crippen LogP contribution in [0.15, 0.2) is 12.4 Å². The quantitative estimate of drug-likeness (QED) is 0.823. The number of piperidine rings is 1. The van der Waals surface area contributed by atoms with Crippen molar-refractivity contribution >= 4 is 17.5 Å². The summed E-state index contributed by atoms with van der Waals surface area (Å²) in [5.41, 5.74) is 0. The second-order valence-electron chi connectivity index (χ2n) is 7.27. The predicted octanol–water partition coefficient (Wildman–Crippen LogP) is 2.92. The summed E-state index contributed by atoms with van der Waals surface area (Å²) in [5.74, 6) is 2.84. The third-order valence-electron chi connectivity index (χ3n) is 5.28. The zero-order chi connectivity index (χ0) is 17.5. The van der Waals surface area contributed by atoms with Gasteiger partial charge in [0.15, 0.2) is 0 Å². The Balaban J connectivity index is 1.51. The van der Waals surface area contributed by atoms with Crippen LogP contribution in [-0.4, -0.2) is 53.5 Å². The molecule has 2 fully saturated rings. The highest BCUT2D eigenvalue weighted by molar-refractivity contribution is 5.76. The minimum atomic E-state index is 0.350. The molecule has 0 aliphatic carbocycles. The van der Waals surface area contributed by atoms with Crippen LogP contribution < -0.4 is 10.2 Å². The number of nitrogens with one attached hydrogen (secondary N) is 1. The number of carbonyl (C=O) groups is 1. The van der Waals surface area contributed by atoms with Crippen molar-refractivity contribution in [1.82, 2.24) is 14.9 Å². The van der Waals surface area contributed by atoms with Gasteiger partial charge in [0.1, 0.15) is 18.0 Å². The fourth-order valence-corrected chi connectivity index (χ4v) is 3.83. The fraction of sp³-hybridized carbons (Fsp3) is 0.737. The van der Waals surface area contributed by atoms with Crippen LogP contribution in [0.2, 0.25) is 0 Å². The highest BCUT2D eigenvalue weighted by Gasteiger charge is 2.24. The van der Waals surface area contributed by atoms with Gasteiger partial charge in [-0.1, -0.05) is 6.92 Å². The summed E-state index contributed by atoms with van der Waals surface area (Å²) in [6, 6.07) is 2.05. The Morgan fingerprint density at radius 2 is 2.08 bits per heavy atom. The second-order valence-corrected chi connectivity index (χ2v) is 7.27. The summed E-state index contributed by atoms with van der Waals surface area (Å²) >= 11 is 0. The summed E-state index contributed by atoms with van der Waals surface area (Å²) in [6.07, 6.45) is 9.16. The molecule has 2 aliphatic rings. The smallest absolute Gasteiger partial charge is 0.222 e. The molecule has 6 heteroatoms. The lowest BCUT2D eigenvalue weighted by Gasteiger charge is -2.33. The average molecular weight is 345 g/mol. The van der Waals surface area contributed by atoms with Gasteiger partial charge in [-0.25, -0.2) is 9.97 Å². The van der Waals surface area contributed by atoms with Gasteiger partial charge in [0, 0.05) is 45.2 Å². The van der Waals surface area contributed by atoms with Gasteiger partial charge in [-0.2, -0.15) is 0 Å². The van der Waals surface area contributed by atoms with E-state index < -0.39 is 0 Å². The largest absolute Gasteiger partial charge is 0.370 e. The van der Waals surface area contributed by atoms with Crippen molar-refractivity contribution in [1.29, 1.82) is 0 Å². The Morgan fingerprint density at radius 3 is 2.88 bits per heavy atom. The molecular formula is C19H31N5O. The number of hydrogen-bond donors (Lipinski definition) is 1. The van der Waals surface area contributed by atoms with Crippen molar-refractivity contribution in [2.24, 2.45) is 5.92 Å². The zero-order valence-corrected chi connectivity index (χ0v) is 15.4. The predicted molar refractivity (Wildman–Crippen MR) is 101 cm³/mol. The molecule has 1 atom stereocenters. The summed E-state index contributed by atoms with van der Waals surface area (Å²) in [5, 5.41) is 3.33. The molecule has 1 amide bonds. The van der Waals surface area contributed by atoms with Crippen LogP contribution in [0.5, 0.6) is 0 Å². The molecule has 0 aromatic carbocycles.